The fourth-order valence-electron chi connectivity index (χ4n) is 3.85. The van der Waals surface area contributed by atoms with E-state index in [0.29, 0.717) is 29.5 Å². The minimum Gasteiger partial charge on any atom is -0.495 e. The van der Waals surface area contributed by atoms with Gasteiger partial charge in [-0.1, -0.05) is 37.3 Å². The van der Waals surface area contributed by atoms with Gasteiger partial charge in [-0.25, -0.2) is 8.42 Å². The molecule has 1 amide bonds. The van der Waals surface area contributed by atoms with Gasteiger partial charge in [-0.3, -0.25) is 9.52 Å². The number of nitrogens with zero attached hydrogens (tertiary/aromatic N) is 1. The lowest BCUT2D eigenvalue weighted by molar-refractivity contribution is 0.0981. The average molecular weight is 437 g/mol. The van der Waals surface area contributed by atoms with Crippen LogP contribution in [-0.2, 0) is 16.4 Å². The molecule has 1 unspecified atom stereocenters. The summed E-state index contributed by atoms with van der Waals surface area (Å²) in [6, 6.07) is 20.7. The number of fused-ring (bicyclic) bond motifs is 1. The van der Waals surface area contributed by atoms with E-state index in [0.717, 1.165) is 17.7 Å². The van der Waals surface area contributed by atoms with Crippen molar-refractivity contribution in [2.24, 2.45) is 5.92 Å². The van der Waals surface area contributed by atoms with Gasteiger partial charge in [0.15, 0.2) is 0 Å². The highest BCUT2D eigenvalue weighted by molar-refractivity contribution is 7.92. The Labute approximate surface area is 182 Å². The summed E-state index contributed by atoms with van der Waals surface area (Å²) < 4.78 is 33.3. The summed E-state index contributed by atoms with van der Waals surface area (Å²) in [5.74, 6) is 0.639. The van der Waals surface area contributed by atoms with Gasteiger partial charge in [-0.05, 0) is 60.4 Å². The van der Waals surface area contributed by atoms with E-state index in [1.807, 2.05) is 24.3 Å². The molecule has 4 rings (SSSR count). The fraction of sp³-hybridized carbons (Fsp3) is 0.208. The van der Waals surface area contributed by atoms with Gasteiger partial charge in [0, 0.05) is 17.8 Å². The van der Waals surface area contributed by atoms with E-state index in [4.69, 9.17) is 4.74 Å². The molecule has 1 aliphatic rings. The van der Waals surface area contributed by atoms with Gasteiger partial charge in [-0.15, -0.1) is 0 Å². The van der Waals surface area contributed by atoms with Crippen LogP contribution in [0.3, 0.4) is 0 Å². The average Bonchev–Trinajstić information content (AvgIpc) is 2.78. The highest BCUT2D eigenvalue weighted by atomic mass is 32.2. The second-order valence-electron chi connectivity index (χ2n) is 7.68. The third-order valence-corrected chi connectivity index (χ3v) is 6.73. The van der Waals surface area contributed by atoms with Crippen LogP contribution in [0.15, 0.2) is 77.7 Å². The van der Waals surface area contributed by atoms with Crippen molar-refractivity contribution in [3.63, 3.8) is 0 Å². The number of carbonyl (C=O) groups excluding carboxylic acids is 1. The number of methoxy groups -OCH3 is 1. The number of benzene rings is 3. The van der Waals surface area contributed by atoms with Gasteiger partial charge in [0.05, 0.1) is 17.7 Å². The highest BCUT2D eigenvalue weighted by Crippen LogP contribution is 2.31. The van der Waals surface area contributed by atoms with Crippen molar-refractivity contribution in [3.05, 3.63) is 83.9 Å². The van der Waals surface area contributed by atoms with Crippen LogP contribution in [0.2, 0.25) is 0 Å². The molecule has 0 aromatic heterocycles. The minimum absolute atomic E-state index is 0.0716. The lowest BCUT2D eigenvalue weighted by atomic mass is 9.93. The number of nitrogens with one attached hydrogen (secondary N) is 1. The summed E-state index contributed by atoms with van der Waals surface area (Å²) in [7, 11) is -2.35. The molecule has 0 radical (unpaired) electrons. The number of rotatable bonds is 5. The summed E-state index contributed by atoms with van der Waals surface area (Å²) in [6.07, 6.45) is 0.936. The summed E-state index contributed by atoms with van der Waals surface area (Å²) in [5, 5.41) is 0. The standard InChI is InChI=1S/C24H24N2O4S/c1-17-15-19-7-3-5-9-22(19)26(16-17)24(27)18-11-13-20(14-12-18)31(28,29)25-21-8-4-6-10-23(21)30-2/h3-14,17,25H,15-16H2,1-2H3. The first-order valence-corrected chi connectivity index (χ1v) is 11.5. The van der Waals surface area contributed by atoms with Crippen molar-refractivity contribution in [1.29, 1.82) is 0 Å². The molecule has 3 aromatic carbocycles. The van der Waals surface area contributed by atoms with Crippen LogP contribution in [0, 0.1) is 5.92 Å². The molecule has 0 bridgehead atoms. The number of hydrogen-bond donors (Lipinski definition) is 1. The van der Waals surface area contributed by atoms with Crippen LogP contribution >= 0.6 is 0 Å². The van der Waals surface area contributed by atoms with Crippen molar-refractivity contribution in [3.8, 4) is 5.75 Å². The zero-order valence-electron chi connectivity index (χ0n) is 17.4. The van der Waals surface area contributed by atoms with Crippen molar-refractivity contribution in [2.75, 3.05) is 23.3 Å². The van der Waals surface area contributed by atoms with Crippen LogP contribution in [0.4, 0.5) is 11.4 Å². The first kappa shape index (κ1) is 20.9. The molecule has 31 heavy (non-hydrogen) atoms. The molecule has 0 aliphatic carbocycles. The summed E-state index contributed by atoms with van der Waals surface area (Å²) in [4.78, 5) is 15.0. The van der Waals surface area contributed by atoms with E-state index >= 15 is 0 Å². The third-order valence-electron chi connectivity index (χ3n) is 5.35. The van der Waals surface area contributed by atoms with Gasteiger partial charge >= 0.3 is 0 Å². The number of anilines is 2. The van der Waals surface area contributed by atoms with Crippen LogP contribution in [0.1, 0.15) is 22.8 Å². The predicted octanol–water partition coefficient (Wildman–Crippen LogP) is 4.34. The molecule has 3 aromatic rings. The van der Waals surface area contributed by atoms with Crippen molar-refractivity contribution >= 4 is 27.3 Å². The normalized spacial score (nSPS) is 15.8. The Morgan fingerprint density at radius 1 is 1.00 bits per heavy atom. The van der Waals surface area contributed by atoms with Crippen LogP contribution in [-0.4, -0.2) is 28.0 Å². The zero-order chi connectivity index (χ0) is 22.0. The Morgan fingerprint density at radius 2 is 1.68 bits per heavy atom. The van der Waals surface area contributed by atoms with E-state index in [2.05, 4.69) is 11.6 Å². The van der Waals surface area contributed by atoms with Crippen molar-refractivity contribution in [2.45, 2.75) is 18.2 Å². The fourth-order valence-corrected chi connectivity index (χ4v) is 4.92. The maximum atomic E-state index is 13.2. The molecule has 160 valence electrons. The number of carbonyl (C=O) groups is 1. The molecule has 0 saturated heterocycles. The molecular formula is C24H24N2O4S. The van der Waals surface area contributed by atoms with Gasteiger partial charge in [-0.2, -0.15) is 0 Å². The number of sulfonamides is 1. The topological polar surface area (TPSA) is 75.7 Å². The monoisotopic (exact) mass is 436 g/mol. The third kappa shape index (κ3) is 4.27. The molecule has 1 atom stereocenters. The number of hydrogen-bond acceptors (Lipinski definition) is 4. The molecule has 1 aliphatic heterocycles. The quantitative estimate of drug-likeness (QED) is 0.646. The van der Waals surface area contributed by atoms with E-state index < -0.39 is 10.0 Å². The smallest absolute Gasteiger partial charge is 0.262 e. The lowest BCUT2D eigenvalue weighted by Gasteiger charge is -2.33. The maximum Gasteiger partial charge on any atom is 0.262 e. The first-order valence-electron chi connectivity index (χ1n) is 10.0. The van der Waals surface area contributed by atoms with E-state index in [9.17, 15) is 13.2 Å². The Bertz CT molecular complexity index is 1210. The van der Waals surface area contributed by atoms with Gasteiger partial charge < -0.3 is 9.64 Å². The van der Waals surface area contributed by atoms with E-state index in [-0.39, 0.29) is 10.8 Å². The van der Waals surface area contributed by atoms with Gasteiger partial charge in [0.2, 0.25) is 0 Å². The Kier molecular flexibility index (Phi) is 5.69. The number of para-hydroxylation sites is 3. The Balaban J connectivity index is 1.58. The van der Waals surface area contributed by atoms with Gasteiger partial charge in [0.1, 0.15) is 5.75 Å². The molecule has 0 fully saturated rings. The molecule has 0 saturated carbocycles. The minimum atomic E-state index is -3.83. The van der Waals surface area contributed by atoms with E-state index in [1.54, 1.807) is 41.3 Å². The predicted molar refractivity (Wildman–Crippen MR) is 121 cm³/mol. The summed E-state index contributed by atoms with van der Waals surface area (Å²) in [5.41, 5.74) is 2.86. The first-order chi connectivity index (χ1) is 14.9. The highest BCUT2D eigenvalue weighted by Gasteiger charge is 2.27. The molecular weight excluding hydrogens is 412 g/mol. The number of amides is 1. The molecule has 1 heterocycles. The largest absolute Gasteiger partial charge is 0.495 e. The Hall–Kier alpha value is -3.32. The SMILES string of the molecule is COc1ccccc1NS(=O)(=O)c1ccc(C(=O)N2CC(C)Cc3ccccc32)cc1. The summed E-state index contributed by atoms with van der Waals surface area (Å²) >= 11 is 0. The second-order valence-corrected chi connectivity index (χ2v) is 9.37. The molecule has 7 heteroatoms. The van der Waals surface area contributed by atoms with Crippen molar-refractivity contribution < 1.29 is 17.9 Å². The van der Waals surface area contributed by atoms with Gasteiger partial charge in [0.25, 0.3) is 15.9 Å². The summed E-state index contributed by atoms with van der Waals surface area (Å²) in [6.45, 7) is 2.75. The Morgan fingerprint density at radius 3 is 2.42 bits per heavy atom. The van der Waals surface area contributed by atoms with Crippen molar-refractivity contribution in [1.82, 2.24) is 0 Å². The zero-order valence-corrected chi connectivity index (χ0v) is 18.2. The maximum absolute atomic E-state index is 13.2. The second kappa shape index (κ2) is 8.43. The molecule has 6 nitrogen and oxygen atoms in total. The lowest BCUT2D eigenvalue weighted by Crippen LogP contribution is -2.39. The molecule has 1 N–H and O–H groups in total. The van der Waals surface area contributed by atoms with Crippen LogP contribution in [0.5, 0.6) is 5.75 Å². The molecule has 0 spiro atoms. The van der Waals surface area contributed by atoms with Crippen LogP contribution in [0.25, 0.3) is 0 Å². The van der Waals surface area contributed by atoms with Crippen LogP contribution < -0.4 is 14.4 Å². The van der Waals surface area contributed by atoms with E-state index in [1.165, 1.54) is 19.2 Å². The number of ether oxygens (including phenoxy) is 1.